The summed E-state index contributed by atoms with van der Waals surface area (Å²) in [5.41, 5.74) is 3.08. The van der Waals surface area contributed by atoms with Crippen molar-refractivity contribution in [1.29, 1.82) is 0 Å². The van der Waals surface area contributed by atoms with Crippen molar-refractivity contribution in [3.63, 3.8) is 0 Å². The van der Waals surface area contributed by atoms with Crippen molar-refractivity contribution in [2.45, 2.75) is 6.42 Å². The van der Waals surface area contributed by atoms with E-state index in [1.165, 1.54) is 0 Å². The van der Waals surface area contributed by atoms with Gasteiger partial charge in [0.05, 0.1) is 6.61 Å². The van der Waals surface area contributed by atoms with Crippen molar-refractivity contribution < 1.29 is 14.6 Å². The average Bonchev–Trinajstić information content (AvgIpc) is 2.63. The molecular formula is C21H18O3. The highest BCUT2D eigenvalue weighted by Gasteiger charge is 2.16. The zero-order valence-corrected chi connectivity index (χ0v) is 13.2. The first-order valence-electron chi connectivity index (χ1n) is 7.84. The lowest BCUT2D eigenvalue weighted by Crippen LogP contribution is -2.07. The third kappa shape index (κ3) is 3.63. The molecule has 0 saturated carbocycles. The second kappa shape index (κ2) is 7.47. The van der Waals surface area contributed by atoms with Gasteiger partial charge in [-0.2, -0.15) is 0 Å². The molecule has 0 aromatic heterocycles. The molecule has 3 aromatic carbocycles. The summed E-state index contributed by atoms with van der Waals surface area (Å²) in [4.78, 5) is 11.6. The van der Waals surface area contributed by atoms with Gasteiger partial charge in [0.15, 0.2) is 0 Å². The molecule has 0 unspecified atom stereocenters. The van der Waals surface area contributed by atoms with Crippen molar-refractivity contribution in [1.82, 2.24) is 0 Å². The fourth-order valence-electron chi connectivity index (χ4n) is 2.62. The summed E-state index contributed by atoms with van der Waals surface area (Å²) in [6.07, 6.45) is 0.725. The minimum atomic E-state index is -0.984. The van der Waals surface area contributed by atoms with E-state index in [9.17, 15) is 9.90 Å². The first-order valence-corrected chi connectivity index (χ1v) is 7.84. The van der Waals surface area contributed by atoms with Crippen LogP contribution in [0.4, 0.5) is 0 Å². The van der Waals surface area contributed by atoms with Crippen LogP contribution in [0.2, 0.25) is 0 Å². The Morgan fingerprint density at radius 1 is 0.833 bits per heavy atom. The Balaban J connectivity index is 1.88. The number of para-hydroxylation sites is 1. The largest absolute Gasteiger partial charge is 0.492 e. The molecule has 120 valence electrons. The van der Waals surface area contributed by atoms with E-state index in [2.05, 4.69) is 0 Å². The van der Waals surface area contributed by atoms with Gasteiger partial charge in [-0.3, -0.25) is 0 Å². The minimum Gasteiger partial charge on any atom is -0.492 e. The highest BCUT2D eigenvalue weighted by Crippen LogP contribution is 2.33. The lowest BCUT2D eigenvalue weighted by Gasteiger charge is -2.14. The fourth-order valence-corrected chi connectivity index (χ4v) is 2.62. The zero-order chi connectivity index (χ0) is 16.8. The van der Waals surface area contributed by atoms with Crippen LogP contribution in [-0.2, 0) is 6.42 Å². The lowest BCUT2D eigenvalue weighted by molar-refractivity contribution is 0.0692. The monoisotopic (exact) mass is 318 g/mol. The SMILES string of the molecule is O=C(O)c1cccc(-c2ccccc2)c1OCCc1ccccc1. The molecule has 0 aliphatic rings. The number of carboxylic acid groups (broad SMARTS) is 1. The van der Waals surface area contributed by atoms with Gasteiger partial charge in [0.1, 0.15) is 11.3 Å². The first kappa shape index (κ1) is 15.8. The molecule has 0 heterocycles. The summed E-state index contributed by atoms with van der Waals surface area (Å²) < 4.78 is 5.91. The van der Waals surface area contributed by atoms with Gasteiger partial charge in [0, 0.05) is 12.0 Å². The third-order valence-electron chi connectivity index (χ3n) is 3.81. The molecule has 24 heavy (non-hydrogen) atoms. The maximum atomic E-state index is 11.6. The second-order valence-electron chi connectivity index (χ2n) is 5.44. The number of hydrogen-bond donors (Lipinski definition) is 1. The predicted octanol–water partition coefficient (Wildman–Crippen LogP) is 4.67. The molecule has 0 aliphatic heterocycles. The predicted molar refractivity (Wildman–Crippen MR) is 94.5 cm³/mol. The number of benzene rings is 3. The van der Waals surface area contributed by atoms with Gasteiger partial charge in [-0.15, -0.1) is 0 Å². The molecule has 3 heteroatoms. The van der Waals surface area contributed by atoms with Crippen LogP contribution in [0.15, 0.2) is 78.9 Å². The zero-order valence-electron chi connectivity index (χ0n) is 13.2. The van der Waals surface area contributed by atoms with E-state index < -0.39 is 5.97 Å². The summed E-state index contributed by atoms with van der Waals surface area (Å²) in [5.74, 6) is -0.561. The Morgan fingerprint density at radius 2 is 1.50 bits per heavy atom. The highest BCUT2D eigenvalue weighted by atomic mass is 16.5. The summed E-state index contributed by atoms with van der Waals surface area (Å²) in [6, 6.07) is 24.9. The number of carbonyl (C=O) groups is 1. The Bertz CT molecular complexity index is 811. The van der Waals surface area contributed by atoms with Gasteiger partial charge >= 0.3 is 5.97 Å². The Hall–Kier alpha value is -3.07. The quantitative estimate of drug-likeness (QED) is 0.718. The van der Waals surface area contributed by atoms with Gasteiger partial charge < -0.3 is 9.84 Å². The van der Waals surface area contributed by atoms with Crippen molar-refractivity contribution in [2.24, 2.45) is 0 Å². The Kier molecular flexibility index (Phi) is 4.92. The molecule has 3 nitrogen and oxygen atoms in total. The van der Waals surface area contributed by atoms with Gasteiger partial charge in [0.2, 0.25) is 0 Å². The smallest absolute Gasteiger partial charge is 0.339 e. The van der Waals surface area contributed by atoms with Crippen LogP contribution in [0.1, 0.15) is 15.9 Å². The number of aromatic carboxylic acids is 1. The van der Waals surface area contributed by atoms with Crippen LogP contribution in [0, 0.1) is 0 Å². The standard InChI is InChI=1S/C21H18O3/c22-21(23)19-13-7-12-18(17-10-5-2-6-11-17)20(19)24-15-14-16-8-3-1-4-9-16/h1-13H,14-15H2,(H,22,23). The maximum absolute atomic E-state index is 11.6. The summed E-state index contributed by atoms with van der Waals surface area (Å²) in [6.45, 7) is 0.425. The topological polar surface area (TPSA) is 46.5 Å². The van der Waals surface area contributed by atoms with Crippen LogP contribution in [-0.4, -0.2) is 17.7 Å². The van der Waals surface area contributed by atoms with Gasteiger partial charge in [0.25, 0.3) is 0 Å². The van der Waals surface area contributed by atoms with Crippen LogP contribution < -0.4 is 4.74 Å². The van der Waals surface area contributed by atoms with Gasteiger partial charge in [-0.1, -0.05) is 72.8 Å². The van der Waals surface area contributed by atoms with Crippen LogP contribution in [0.3, 0.4) is 0 Å². The summed E-state index contributed by atoms with van der Waals surface area (Å²) in [7, 11) is 0. The molecule has 0 radical (unpaired) electrons. The molecule has 0 fully saturated rings. The number of carboxylic acids is 1. The van der Waals surface area contributed by atoms with E-state index in [0.717, 1.165) is 23.1 Å². The van der Waals surface area contributed by atoms with E-state index in [0.29, 0.717) is 12.4 Å². The van der Waals surface area contributed by atoms with Gasteiger partial charge in [-0.05, 0) is 17.2 Å². The minimum absolute atomic E-state index is 0.185. The molecule has 3 aromatic rings. The van der Waals surface area contributed by atoms with E-state index in [-0.39, 0.29) is 5.56 Å². The molecule has 1 N–H and O–H groups in total. The molecule has 0 bridgehead atoms. The van der Waals surface area contributed by atoms with Crippen molar-refractivity contribution in [2.75, 3.05) is 6.61 Å². The Labute approximate surface area is 141 Å². The van der Waals surface area contributed by atoms with Crippen molar-refractivity contribution >= 4 is 5.97 Å². The van der Waals surface area contributed by atoms with E-state index in [4.69, 9.17) is 4.74 Å². The third-order valence-corrected chi connectivity index (χ3v) is 3.81. The van der Waals surface area contributed by atoms with Crippen molar-refractivity contribution in [3.8, 4) is 16.9 Å². The highest BCUT2D eigenvalue weighted by molar-refractivity contribution is 5.94. The van der Waals surface area contributed by atoms with E-state index in [1.807, 2.05) is 66.7 Å². The summed E-state index contributed by atoms with van der Waals surface area (Å²) >= 11 is 0. The van der Waals surface area contributed by atoms with Crippen LogP contribution >= 0.6 is 0 Å². The summed E-state index contributed by atoms with van der Waals surface area (Å²) in [5, 5.41) is 9.47. The lowest BCUT2D eigenvalue weighted by atomic mass is 10.0. The molecule has 0 amide bonds. The number of hydrogen-bond acceptors (Lipinski definition) is 2. The number of rotatable bonds is 6. The van der Waals surface area contributed by atoms with E-state index >= 15 is 0 Å². The van der Waals surface area contributed by atoms with E-state index in [1.54, 1.807) is 12.1 Å². The molecular weight excluding hydrogens is 300 g/mol. The molecule has 3 rings (SSSR count). The molecule has 0 atom stereocenters. The van der Waals surface area contributed by atoms with Crippen molar-refractivity contribution in [3.05, 3.63) is 90.0 Å². The number of ether oxygens (including phenoxy) is 1. The second-order valence-corrected chi connectivity index (χ2v) is 5.44. The van der Waals surface area contributed by atoms with Gasteiger partial charge in [-0.25, -0.2) is 4.79 Å². The normalized spacial score (nSPS) is 10.3. The maximum Gasteiger partial charge on any atom is 0.339 e. The average molecular weight is 318 g/mol. The fraction of sp³-hybridized carbons (Fsp3) is 0.0952. The molecule has 0 aliphatic carbocycles. The molecule has 0 spiro atoms. The van der Waals surface area contributed by atoms with Crippen LogP contribution in [0.5, 0.6) is 5.75 Å². The first-order chi connectivity index (χ1) is 11.8. The Morgan fingerprint density at radius 3 is 2.17 bits per heavy atom. The van der Waals surface area contributed by atoms with Crippen LogP contribution in [0.25, 0.3) is 11.1 Å². The molecule has 0 saturated heterocycles.